The number of nitrogens with one attached hydrogen (secondary N) is 2. The lowest BCUT2D eigenvalue weighted by Crippen LogP contribution is -2.35. The molecule has 2 N–H and O–H groups in total. The second-order valence-electron chi connectivity index (χ2n) is 6.64. The standard InChI is InChI=1S/C21H22ClN3/c22-18-8-10-19(11-9-18)23-15-17-14-16-6-2-3-7-20(16)24-21(17)25-12-4-1-5-13-25/h2-3,6-11,14,23H,1,4-5,12-13,15H2/p+1. The molecule has 0 saturated carbocycles. The zero-order valence-electron chi connectivity index (χ0n) is 14.3. The van der Waals surface area contributed by atoms with Gasteiger partial charge in [0.25, 0.3) is 5.82 Å². The summed E-state index contributed by atoms with van der Waals surface area (Å²) in [6.45, 7) is 3.04. The van der Waals surface area contributed by atoms with E-state index in [1.165, 1.54) is 41.5 Å². The first kappa shape index (κ1) is 16.2. The van der Waals surface area contributed by atoms with E-state index < -0.39 is 0 Å². The number of para-hydroxylation sites is 1. The van der Waals surface area contributed by atoms with Gasteiger partial charge < -0.3 is 5.32 Å². The third-order valence-corrected chi connectivity index (χ3v) is 5.10. The third-order valence-electron chi connectivity index (χ3n) is 4.85. The molecule has 0 bridgehead atoms. The maximum atomic E-state index is 5.98. The molecule has 0 radical (unpaired) electrons. The summed E-state index contributed by atoms with van der Waals surface area (Å²) >= 11 is 5.98. The van der Waals surface area contributed by atoms with Crippen LogP contribution in [0.4, 0.5) is 11.5 Å². The molecule has 4 heteroatoms. The van der Waals surface area contributed by atoms with Crippen LogP contribution in [-0.2, 0) is 6.54 Å². The lowest BCUT2D eigenvalue weighted by atomic mass is 10.1. The van der Waals surface area contributed by atoms with Gasteiger partial charge >= 0.3 is 0 Å². The zero-order chi connectivity index (χ0) is 17.1. The lowest BCUT2D eigenvalue weighted by Gasteiger charge is -2.23. The second-order valence-corrected chi connectivity index (χ2v) is 7.08. The van der Waals surface area contributed by atoms with Crippen molar-refractivity contribution in [3.63, 3.8) is 0 Å². The largest absolute Gasteiger partial charge is 0.381 e. The minimum Gasteiger partial charge on any atom is -0.381 e. The lowest BCUT2D eigenvalue weighted by molar-refractivity contribution is -0.331. The monoisotopic (exact) mass is 352 g/mol. The molecule has 0 unspecified atom stereocenters. The van der Waals surface area contributed by atoms with E-state index in [-0.39, 0.29) is 0 Å². The normalized spacial score (nSPS) is 14.7. The number of hydrogen-bond acceptors (Lipinski definition) is 2. The molecule has 2 aromatic carbocycles. The van der Waals surface area contributed by atoms with Crippen molar-refractivity contribution in [3.8, 4) is 0 Å². The van der Waals surface area contributed by atoms with Crippen molar-refractivity contribution in [1.82, 2.24) is 0 Å². The smallest absolute Gasteiger partial charge is 0.279 e. The summed E-state index contributed by atoms with van der Waals surface area (Å²) in [5.74, 6) is 1.25. The first-order valence-electron chi connectivity index (χ1n) is 8.98. The highest BCUT2D eigenvalue weighted by Crippen LogP contribution is 2.24. The van der Waals surface area contributed by atoms with E-state index in [1.54, 1.807) is 0 Å². The Morgan fingerprint density at radius 3 is 2.52 bits per heavy atom. The number of benzene rings is 2. The van der Waals surface area contributed by atoms with E-state index in [0.717, 1.165) is 30.3 Å². The van der Waals surface area contributed by atoms with Gasteiger partial charge in [0.05, 0.1) is 18.7 Å². The van der Waals surface area contributed by atoms with Crippen LogP contribution in [0.25, 0.3) is 10.9 Å². The summed E-state index contributed by atoms with van der Waals surface area (Å²) in [7, 11) is 0. The maximum absolute atomic E-state index is 5.98. The number of pyridine rings is 1. The van der Waals surface area contributed by atoms with Crippen molar-refractivity contribution in [1.29, 1.82) is 0 Å². The first-order valence-corrected chi connectivity index (χ1v) is 9.36. The molecule has 0 atom stereocenters. The molecule has 1 saturated heterocycles. The van der Waals surface area contributed by atoms with Crippen LogP contribution in [0.15, 0.2) is 54.6 Å². The number of nitrogens with zero attached hydrogens (tertiary/aromatic N) is 1. The number of H-pyrrole nitrogens is 1. The number of piperidine rings is 1. The van der Waals surface area contributed by atoms with Gasteiger partial charge in [-0.2, -0.15) is 0 Å². The Bertz CT molecular complexity index is 855. The van der Waals surface area contributed by atoms with Gasteiger partial charge in [0, 0.05) is 22.6 Å². The number of aromatic amines is 1. The van der Waals surface area contributed by atoms with Crippen LogP contribution in [0.5, 0.6) is 0 Å². The van der Waals surface area contributed by atoms with E-state index in [2.05, 4.69) is 45.5 Å². The molecule has 4 rings (SSSR count). The highest BCUT2D eigenvalue weighted by Gasteiger charge is 2.23. The molecule has 25 heavy (non-hydrogen) atoms. The van der Waals surface area contributed by atoms with Gasteiger partial charge in [-0.05, 0) is 55.7 Å². The fraction of sp³-hybridized carbons (Fsp3) is 0.286. The van der Waals surface area contributed by atoms with Crippen LogP contribution in [-0.4, -0.2) is 13.1 Å². The summed E-state index contributed by atoms with van der Waals surface area (Å²) in [4.78, 5) is 6.17. The summed E-state index contributed by atoms with van der Waals surface area (Å²) in [5, 5.41) is 5.54. The van der Waals surface area contributed by atoms with Gasteiger partial charge in [0.15, 0.2) is 0 Å². The molecule has 0 aliphatic carbocycles. The van der Waals surface area contributed by atoms with E-state index >= 15 is 0 Å². The quantitative estimate of drug-likeness (QED) is 0.722. The Morgan fingerprint density at radius 2 is 1.72 bits per heavy atom. The zero-order valence-corrected chi connectivity index (χ0v) is 15.0. The molecule has 2 heterocycles. The minimum absolute atomic E-state index is 0.763. The van der Waals surface area contributed by atoms with Crippen LogP contribution in [0.1, 0.15) is 24.8 Å². The van der Waals surface area contributed by atoms with Crippen molar-refractivity contribution in [2.75, 3.05) is 23.3 Å². The van der Waals surface area contributed by atoms with Gasteiger partial charge in [0.1, 0.15) is 5.52 Å². The Morgan fingerprint density at radius 1 is 0.960 bits per heavy atom. The predicted octanol–water partition coefficient (Wildman–Crippen LogP) is 4.91. The third kappa shape index (κ3) is 3.72. The van der Waals surface area contributed by atoms with Gasteiger partial charge in [-0.1, -0.05) is 29.8 Å². The maximum Gasteiger partial charge on any atom is 0.279 e. The predicted molar refractivity (Wildman–Crippen MR) is 105 cm³/mol. The fourth-order valence-electron chi connectivity index (χ4n) is 3.50. The van der Waals surface area contributed by atoms with Crippen LogP contribution in [0, 0.1) is 0 Å². The van der Waals surface area contributed by atoms with E-state index in [9.17, 15) is 0 Å². The second kappa shape index (κ2) is 7.32. The van der Waals surface area contributed by atoms with Crippen LogP contribution >= 0.6 is 11.6 Å². The molecule has 0 spiro atoms. The highest BCUT2D eigenvalue weighted by atomic mass is 35.5. The van der Waals surface area contributed by atoms with Crippen molar-refractivity contribution < 1.29 is 4.98 Å². The molecular formula is C21H23ClN3+. The van der Waals surface area contributed by atoms with Crippen LogP contribution < -0.4 is 15.2 Å². The number of aromatic nitrogens is 1. The summed E-state index contributed by atoms with van der Waals surface area (Å²) in [6.07, 6.45) is 3.87. The minimum atomic E-state index is 0.763. The Hall–Kier alpha value is -2.26. The molecule has 3 aromatic rings. The number of hydrogen-bond donors (Lipinski definition) is 1. The number of fused-ring (bicyclic) bond motifs is 1. The van der Waals surface area contributed by atoms with E-state index in [4.69, 9.17) is 11.6 Å². The Balaban J connectivity index is 1.65. The average Bonchev–Trinajstić information content (AvgIpc) is 2.67. The molecular weight excluding hydrogens is 330 g/mol. The molecule has 0 amide bonds. The topological polar surface area (TPSA) is 29.4 Å². The SMILES string of the molecule is Clc1ccc(NCc2cc3ccccc3[nH+]c2N2CCCCC2)cc1. The van der Waals surface area contributed by atoms with Crippen molar-refractivity contribution in [2.45, 2.75) is 25.8 Å². The Kier molecular flexibility index (Phi) is 4.75. The summed E-state index contributed by atoms with van der Waals surface area (Å²) in [6, 6.07) is 18.7. The van der Waals surface area contributed by atoms with Crippen molar-refractivity contribution >= 4 is 34.0 Å². The van der Waals surface area contributed by atoms with Gasteiger partial charge in [-0.25, -0.2) is 4.98 Å². The molecule has 128 valence electrons. The number of rotatable bonds is 4. The molecule has 1 fully saturated rings. The van der Waals surface area contributed by atoms with Crippen LogP contribution in [0.2, 0.25) is 5.02 Å². The van der Waals surface area contributed by atoms with E-state index in [1.807, 2.05) is 24.3 Å². The van der Waals surface area contributed by atoms with Gasteiger partial charge in [-0.15, -0.1) is 0 Å². The van der Waals surface area contributed by atoms with Gasteiger partial charge in [0.2, 0.25) is 0 Å². The highest BCUT2D eigenvalue weighted by molar-refractivity contribution is 6.30. The first-order chi connectivity index (χ1) is 12.3. The van der Waals surface area contributed by atoms with Gasteiger partial charge in [-0.3, -0.25) is 4.90 Å². The molecule has 1 aliphatic heterocycles. The fourth-order valence-corrected chi connectivity index (χ4v) is 3.63. The number of halogens is 1. The van der Waals surface area contributed by atoms with E-state index in [0.29, 0.717) is 0 Å². The summed E-state index contributed by atoms with van der Waals surface area (Å²) in [5.41, 5.74) is 3.58. The van der Waals surface area contributed by atoms with Crippen LogP contribution in [0.3, 0.4) is 0 Å². The average molecular weight is 353 g/mol. The molecule has 1 aliphatic rings. The number of anilines is 2. The van der Waals surface area contributed by atoms with Crippen molar-refractivity contribution in [2.24, 2.45) is 0 Å². The van der Waals surface area contributed by atoms with Crippen molar-refractivity contribution in [3.05, 3.63) is 65.2 Å². The summed E-state index contributed by atoms with van der Waals surface area (Å²) < 4.78 is 0. The molecule has 3 nitrogen and oxygen atoms in total. The Labute approximate surface area is 153 Å². The molecule has 1 aromatic heterocycles.